The predicted octanol–water partition coefficient (Wildman–Crippen LogP) is -1.39. The molecule has 2 atom stereocenters. The highest BCUT2D eigenvalue weighted by Crippen LogP contribution is 2.06. The maximum absolute atomic E-state index is 11.3. The van der Waals surface area contributed by atoms with Crippen LogP contribution in [0.3, 0.4) is 0 Å². The number of nitrogens with two attached hydrogens (primary N) is 1. The molecule has 1 saturated heterocycles. The van der Waals surface area contributed by atoms with Gasteiger partial charge in [-0.3, -0.25) is 9.59 Å². The number of hydrogen-bond donors (Lipinski definition) is 3. The molecule has 0 aliphatic carbocycles. The first-order chi connectivity index (χ1) is 7.50. The molecule has 1 heterocycles. The number of amides is 1. The van der Waals surface area contributed by atoms with Crippen LogP contribution >= 0.6 is 0 Å². The van der Waals surface area contributed by atoms with Crippen LogP contribution in [0.5, 0.6) is 0 Å². The number of rotatable bonds is 5. The van der Waals surface area contributed by atoms with Crippen LogP contribution in [0.25, 0.3) is 0 Å². The van der Waals surface area contributed by atoms with E-state index in [0.717, 1.165) is 0 Å². The molecule has 1 rings (SSSR count). The van der Waals surface area contributed by atoms with Gasteiger partial charge in [0.05, 0.1) is 6.61 Å². The van der Waals surface area contributed by atoms with Crippen molar-refractivity contribution in [3.05, 3.63) is 0 Å². The van der Waals surface area contributed by atoms with E-state index in [9.17, 15) is 14.4 Å². The fraction of sp³-hybridized carbons (Fsp3) is 0.667. The van der Waals surface area contributed by atoms with Crippen LogP contribution in [0.1, 0.15) is 19.3 Å². The van der Waals surface area contributed by atoms with Gasteiger partial charge in [-0.05, 0) is 6.42 Å². The number of carboxylic acid groups (broad SMARTS) is 1. The third-order valence-electron chi connectivity index (χ3n) is 2.27. The molecule has 1 fully saturated rings. The zero-order chi connectivity index (χ0) is 12.1. The summed E-state index contributed by atoms with van der Waals surface area (Å²) < 4.78 is 4.66. The summed E-state index contributed by atoms with van der Waals surface area (Å²) in [5, 5.41) is 11.0. The highest BCUT2D eigenvalue weighted by Gasteiger charge is 2.27. The number of carbonyl (C=O) groups is 3. The average Bonchev–Trinajstić information content (AvgIpc) is 2.60. The Hall–Kier alpha value is -1.63. The summed E-state index contributed by atoms with van der Waals surface area (Å²) in [5.41, 5.74) is 5.23. The van der Waals surface area contributed by atoms with Crippen molar-refractivity contribution < 1.29 is 24.2 Å². The van der Waals surface area contributed by atoms with Gasteiger partial charge in [0.25, 0.3) is 0 Å². The second kappa shape index (κ2) is 5.45. The molecule has 1 aliphatic rings. The van der Waals surface area contributed by atoms with Crippen molar-refractivity contribution in [2.24, 2.45) is 5.73 Å². The molecule has 0 aromatic carbocycles. The van der Waals surface area contributed by atoms with E-state index < -0.39 is 24.0 Å². The lowest BCUT2D eigenvalue weighted by molar-refractivity contribution is -0.142. The van der Waals surface area contributed by atoms with Crippen molar-refractivity contribution in [3.63, 3.8) is 0 Å². The molecule has 0 aromatic heterocycles. The van der Waals surface area contributed by atoms with Crippen molar-refractivity contribution in [2.75, 3.05) is 6.61 Å². The molecule has 0 aromatic rings. The van der Waals surface area contributed by atoms with Gasteiger partial charge in [-0.25, -0.2) is 4.79 Å². The maximum atomic E-state index is 11.3. The van der Waals surface area contributed by atoms with Crippen LogP contribution in [0, 0.1) is 0 Å². The lowest BCUT2D eigenvalue weighted by atomic mass is 10.1. The van der Waals surface area contributed by atoms with Gasteiger partial charge in [0, 0.05) is 12.8 Å². The summed E-state index contributed by atoms with van der Waals surface area (Å²) in [6.45, 7) is 0.304. The normalized spacial score (nSPS) is 21.3. The van der Waals surface area contributed by atoms with Crippen molar-refractivity contribution >= 4 is 17.8 Å². The molecular formula is C9H14N2O5. The predicted molar refractivity (Wildman–Crippen MR) is 52.4 cm³/mol. The molecule has 4 N–H and O–H groups in total. The zero-order valence-electron chi connectivity index (χ0n) is 8.64. The molecule has 1 aliphatic heterocycles. The van der Waals surface area contributed by atoms with Crippen LogP contribution < -0.4 is 11.1 Å². The molecule has 16 heavy (non-hydrogen) atoms. The van der Waals surface area contributed by atoms with E-state index in [0.29, 0.717) is 13.0 Å². The van der Waals surface area contributed by atoms with E-state index in [1.807, 2.05) is 0 Å². The Bertz CT molecular complexity index is 304. The summed E-state index contributed by atoms with van der Waals surface area (Å²) in [6, 6.07) is -1.66. The molecule has 0 spiro atoms. The minimum Gasteiger partial charge on any atom is -0.480 e. The largest absolute Gasteiger partial charge is 0.480 e. The van der Waals surface area contributed by atoms with Crippen LogP contribution in [0.15, 0.2) is 0 Å². The van der Waals surface area contributed by atoms with Gasteiger partial charge in [-0.15, -0.1) is 0 Å². The Labute approximate surface area is 91.9 Å². The second-order valence-corrected chi connectivity index (χ2v) is 3.56. The van der Waals surface area contributed by atoms with Crippen LogP contribution in [-0.4, -0.2) is 41.6 Å². The van der Waals surface area contributed by atoms with E-state index in [4.69, 9.17) is 10.8 Å². The fourth-order valence-electron chi connectivity index (χ4n) is 1.30. The fourth-order valence-corrected chi connectivity index (χ4v) is 1.30. The van der Waals surface area contributed by atoms with Crippen molar-refractivity contribution in [1.82, 2.24) is 5.32 Å². The molecule has 7 nitrogen and oxygen atoms in total. The van der Waals surface area contributed by atoms with Crippen LogP contribution in [-0.2, 0) is 19.1 Å². The van der Waals surface area contributed by atoms with Gasteiger partial charge in [-0.1, -0.05) is 0 Å². The second-order valence-electron chi connectivity index (χ2n) is 3.56. The number of cyclic esters (lactones) is 1. The van der Waals surface area contributed by atoms with Crippen molar-refractivity contribution in [1.29, 1.82) is 0 Å². The van der Waals surface area contributed by atoms with Crippen molar-refractivity contribution in [2.45, 2.75) is 31.3 Å². The Balaban J connectivity index is 2.25. The van der Waals surface area contributed by atoms with Gasteiger partial charge >= 0.3 is 11.9 Å². The van der Waals surface area contributed by atoms with Gasteiger partial charge in [0.15, 0.2) is 0 Å². The SMILES string of the molecule is N[C@@H](CCC(=O)N[C@H]1CCOC1=O)C(=O)O. The first kappa shape index (κ1) is 12.4. The smallest absolute Gasteiger partial charge is 0.328 e. The Morgan fingerprint density at radius 3 is 2.81 bits per heavy atom. The lowest BCUT2D eigenvalue weighted by Gasteiger charge is -2.09. The lowest BCUT2D eigenvalue weighted by Crippen LogP contribution is -2.39. The Morgan fingerprint density at radius 2 is 2.31 bits per heavy atom. The number of aliphatic carboxylic acids is 1. The third-order valence-corrected chi connectivity index (χ3v) is 2.27. The van der Waals surface area contributed by atoms with E-state index in [1.54, 1.807) is 0 Å². The number of ether oxygens (including phenoxy) is 1. The highest BCUT2D eigenvalue weighted by atomic mass is 16.5. The molecule has 0 bridgehead atoms. The zero-order valence-corrected chi connectivity index (χ0v) is 8.64. The molecule has 0 unspecified atom stereocenters. The summed E-state index contributed by atoms with van der Waals surface area (Å²) >= 11 is 0. The quantitative estimate of drug-likeness (QED) is 0.500. The van der Waals surface area contributed by atoms with Crippen LogP contribution in [0.2, 0.25) is 0 Å². The van der Waals surface area contributed by atoms with Crippen LogP contribution in [0.4, 0.5) is 0 Å². The molecule has 0 radical (unpaired) electrons. The van der Waals surface area contributed by atoms with E-state index in [-0.39, 0.29) is 18.7 Å². The van der Waals surface area contributed by atoms with Crippen molar-refractivity contribution in [3.8, 4) is 0 Å². The van der Waals surface area contributed by atoms with E-state index in [1.165, 1.54) is 0 Å². The minimum atomic E-state index is -1.15. The Morgan fingerprint density at radius 1 is 1.62 bits per heavy atom. The number of carboxylic acids is 1. The topological polar surface area (TPSA) is 119 Å². The molecule has 1 amide bonds. The van der Waals surface area contributed by atoms with Gasteiger partial charge in [-0.2, -0.15) is 0 Å². The van der Waals surface area contributed by atoms with E-state index >= 15 is 0 Å². The minimum absolute atomic E-state index is 0.0166. The summed E-state index contributed by atoms with van der Waals surface area (Å²) in [5.74, 6) is -1.98. The molecular weight excluding hydrogens is 216 g/mol. The summed E-state index contributed by atoms with van der Waals surface area (Å²) in [6.07, 6.45) is 0.482. The number of nitrogens with one attached hydrogen (secondary N) is 1. The van der Waals surface area contributed by atoms with Gasteiger partial charge in [0.1, 0.15) is 12.1 Å². The highest BCUT2D eigenvalue weighted by molar-refractivity contribution is 5.85. The van der Waals surface area contributed by atoms with Gasteiger partial charge < -0.3 is 20.9 Å². The van der Waals surface area contributed by atoms with E-state index in [2.05, 4.69) is 10.1 Å². The summed E-state index contributed by atoms with van der Waals surface area (Å²) in [4.78, 5) is 32.7. The number of hydrogen-bond acceptors (Lipinski definition) is 5. The molecule has 0 saturated carbocycles. The first-order valence-electron chi connectivity index (χ1n) is 4.95. The monoisotopic (exact) mass is 230 g/mol. The number of carbonyl (C=O) groups excluding carboxylic acids is 2. The summed E-state index contributed by atoms with van der Waals surface area (Å²) in [7, 11) is 0. The molecule has 7 heteroatoms. The number of esters is 1. The third kappa shape index (κ3) is 3.50. The maximum Gasteiger partial charge on any atom is 0.328 e. The first-order valence-corrected chi connectivity index (χ1v) is 4.95. The molecule has 90 valence electrons. The standard InChI is InChI=1S/C9H14N2O5/c10-5(8(13)14)1-2-7(12)11-6-3-4-16-9(6)15/h5-6H,1-4,10H2,(H,11,12)(H,13,14)/t5-,6-/m0/s1. The average molecular weight is 230 g/mol. The Kier molecular flexibility index (Phi) is 4.24. The van der Waals surface area contributed by atoms with Gasteiger partial charge in [0.2, 0.25) is 5.91 Å².